The van der Waals surface area contributed by atoms with Crippen LogP contribution in [0.3, 0.4) is 0 Å². The maximum absolute atomic E-state index is 12.6. The van der Waals surface area contributed by atoms with Crippen LogP contribution < -0.4 is 19.7 Å². The van der Waals surface area contributed by atoms with E-state index >= 15 is 0 Å². The van der Waals surface area contributed by atoms with Crippen molar-refractivity contribution in [3.05, 3.63) is 48.0 Å². The number of nitrogens with one attached hydrogen (secondary N) is 1. The summed E-state index contributed by atoms with van der Waals surface area (Å²) in [7, 11) is 0. The molecule has 0 aromatic heterocycles. The van der Waals surface area contributed by atoms with E-state index in [1.165, 1.54) is 5.56 Å². The highest BCUT2D eigenvalue weighted by atomic mass is 16.6. The van der Waals surface area contributed by atoms with Gasteiger partial charge in [0.15, 0.2) is 11.5 Å². The molecule has 5 heteroatoms. The fourth-order valence-corrected chi connectivity index (χ4v) is 3.06. The number of nitrogens with zero attached hydrogens (tertiary/aromatic N) is 1. The summed E-state index contributed by atoms with van der Waals surface area (Å²) in [5.41, 5.74) is 2.92. The van der Waals surface area contributed by atoms with Crippen LogP contribution in [0.1, 0.15) is 12.0 Å². The summed E-state index contributed by atoms with van der Waals surface area (Å²) in [6.07, 6.45) is 2.00. The first-order valence-corrected chi connectivity index (χ1v) is 7.87. The Morgan fingerprint density at radius 2 is 1.87 bits per heavy atom. The third kappa shape index (κ3) is 2.70. The molecule has 4 rings (SSSR count). The molecular weight excluding hydrogens is 292 g/mol. The molecule has 0 saturated carbocycles. The lowest BCUT2D eigenvalue weighted by atomic mass is 10.0. The maximum Gasteiger partial charge on any atom is 0.326 e. The molecule has 1 N–H and O–H groups in total. The van der Waals surface area contributed by atoms with Gasteiger partial charge in [-0.05, 0) is 36.6 Å². The van der Waals surface area contributed by atoms with Crippen molar-refractivity contribution < 1.29 is 14.3 Å². The third-order valence-corrected chi connectivity index (χ3v) is 4.15. The molecule has 2 heterocycles. The lowest BCUT2D eigenvalue weighted by molar-refractivity contribution is 0.171. The van der Waals surface area contributed by atoms with Gasteiger partial charge in [-0.1, -0.05) is 18.2 Å². The van der Waals surface area contributed by atoms with Gasteiger partial charge in [0.05, 0.1) is 0 Å². The zero-order valence-corrected chi connectivity index (χ0v) is 12.7. The highest BCUT2D eigenvalue weighted by Gasteiger charge is 2.22. The zero-order chi connectivity index (χ0) is 15.6. The zero-order valence-electron chi connectivity index (χ0n) is 12.7. The number of carbonyl (C=O) groups is 1. The van der Waals surface area contributed by atoms with E-state index in [0.29, 0.717) is 24.7 Å². The van der Waals surface area contributed by atoms with Crippen molar-refractivity contribution in [1.82, 2.24) is 0 Å². The molecule has 2 amide bonds. The van der Waals surface area contributed by atoms with Crippen LogP contribution in [-0.2, 0) is 6.42 Å². The van der Waals surface area contributed by atoms with Gasteiger partial charge in [-0.15, -0.1) is 0 Å². The molecular formula is C18H18N2O3. The fourth-order valence-electron chi connectivity index (χ4n) is 3.06. The minimum atomic E-state index is -0.117. The van der Waals surface area contributed by atoms with E-state index in [1.54, 1.807) is 4.90 Å². The second kappa shape index (κ2) is 5.83. The number of aryl methyl sites for hydroxylation is 1. The SMILES string of the molecule is O=C(Nc1ccc2c(c1)OCCO2)N1CCCc2ccccc21. The van der Waals surface area contributed by atoms with Gasteiger partial charge >= 0.3 is 6.03 Å². The van der Waals surface area contributed by atoms with Crippen LogP contribution in [0.5, 0.6) is 11.5 Å². The van der Waals surface area contributed by atoms with Crippen LogP contribution in [0.15, 0.2) is 42.5 Å². The highest BCUT2D eigenvalue weighted by Crippen LogP contribution is 2.33. The first-order valence-electron chi connectivity index (χ1n) is 7.87. The molecule has 5 nitrogen and oxygen atoms in total. The Bertz CT molecular complexity index is 745. The molecule has 2 aromatic carbocycles. The number of hydrogen-bond acceptors (Lipinski definition) is 3. The molecule has 0 atom stereocenters. The first kappa shape index (κ1) is 13.9. The van der Waals surface area contributed by atoms with E-state index in [9.17, 15) is 4.79 Å². The van der Waals surface area contributed by atoms with Crippen molar-refractivity contribution in [2.45, 2.75) is 12.8 Å². The summed E-state index contributed by atoms with van der Waals surface area (Å²) in [5, 5.41) is 2.95. The van der Waals surface area contributed by atoms with Gasteiger partial charge in [-0.3, -0.25) is 4.90 Å². The van der Waals surface area contributed by atoms with Gasteiger partial charge in [0.25, 0.3) is 0 Å². The molecule has 0 fully saturated rings. The van der Waals surface area contributed by atoms with Crippen LogP contribution in [-0.4, -0.2) is 25.8 Å². The molecule has 118 valence electrons. The van der Waals surface area contributed by atoms with Gasteiger partial charge in [-0.25, -0.2) is 4.79 Å². The summed E-state index contributed by atoms with van der Waals surface area (Å²) in [6, 6.07) is 13.4. The second-order valence-corrected chi connectivity index (χ2v) is 5.67. The van der Waals surface area contributed by atoms with Gasteiger partial charge in [0.2, 0.25) is 0 Å². The summed E-state index contributed by atoms with van der Waals surface area (Å²) >= 11 is 0. The number of para-hydroxylation sites is 1. The number of rotatable bonds is 1. The lowest BCUT2D eigenvalue weighted by Gasteiger charge is -2.29. The van der Waals surface area contributed by atoms with Crippen molar-refractivity contribution in [3.63, 3.8) is 0 Å². The van der Waals surface area contributed by atoms with Crippen molar-refractivity contribution in [1.29, 1.82) is 0 Å². The van der Waals surface area contributed by atoms with E-state index in [1.807, 2.05) is 36.4 Å². The van der Waals surface area contributed by atoms with Crippen molar-refractivity contribution >= 4 is 17.4 Å². The predicted octanol–water partition coefficient (Wildman–Crippen LogP) is 3.44. The number of hydrogen-bond donors (Lipinski definition) is 1. The van der Waals surface area contributed by atoms with Gasteiger partial charge in [0, 0.05) is 24.0 Å². The lowest BCUT2D eigenvalue weighted by Crippen LogP contribution is -2.38. The second-order valence-electron chi connectivity index (χ2n) is 5.67. The third-order valence-electron chi connectivity index (χ3n) is 4.15. The standard InChI is InChI=1S/C18H18N2O3/c21-18(20-9-3-5-13-4-1-2-6-15(13)20)19-14-7-8-16-17(12-14)23-11-10-22-16/h1-2,4,6-8,12H,3,5,9-11H2,(H,19,21). The van der Waals surface area contributed by atoms with Gasteiger partial charge in [0.1, 0.15) is 13.2 Å². The molecule has 0 radical (unpaired) electrons. The van der Waals surface area contributed by atoms with Crippen LogP contribution in [0, 0.1) is 0 Å². The quantitative estimate of drug-likeness (QED) is 0.878. The molecule has 0 bridgehead atoms. The Morgan fingerprint density at radius 1 is 1.04 bits per heavy atom. The summed E-state index contributed by atoms with van der Waals surface area (Å²) < 4.78 is 11.1. The highest BCUT2D eigenvalue weighted by molar-refractivity contribution is 6.02. The maximum atomic E-state index is 12.6. The average molecular weight is 310 g/mol. The topological polar surface area (TPSA) is 50.8 Å². The molecule has 23 heavy (non-hydrogen) atoms. The van der Waals surface area contributed by atoms with Crippen molar-refractivity contribution in [2.24, 2.45) is 0 Å². The Balaban J connectivity index is 1.55. The van der Waals surface area contributed by atoms with E-state index in [0.717, 1.165) is 30.8 Å². The Labute approximate surface area is 134 Å². The molecule has 0 aliphatic carbocycles. The fraction of sp³-hybridized carbons (Fsp3) is 0.278. The normalized spacial score (nSPS) is 15.7. The van der Waals surface area contributed by atoms with Gasteiger partial charge < -0.3 is 14.8 Å². The Kier molecular flexibility index (Phi) is 3.54. The van der Waals surface area contributed by atoms with Crippen LogP contribution in [0.25, 0.3) is 0 Å². The van der Waals surface area contributed by atoms with Crippen molar-refractivity contribution in [3.8, 4) is 11.5 Å². The molecule has 0 saturated heterocycles. The van der Waals surface area contributed by atoms with Crippen LogP contribution in [0.4, 0.5) is 16.2 Å². The molecule has 0 unspecified atom stereocenters. The summed E-state index contributed by atoms with van der Waals surface area (Å²) in [6.45, 7) is 1.82. The monoisotopic (exact) mass is 310 g/mol. The van der Waals surface area contributed by atoms with Gasteiger partial charge in [-0.2, -0.15) is 0 Å². The number of benzene rings is 2. The minimum absolute atomic E-state index is 0.117. The van der Waals surface area contributed by atoms with Crippen molar-refractivity contribution in [2.75, 3.05) is 30.0 Å². The van der Waals surface area contributed by atoms with E-state index < -0.39 is 0 Å². The van der Waals surface area contributed by atoms with Crippen LogP contribution >= 0.6 is 0 Å². The summed E-state index contributed by atoms with van der Waals surface area (Å²) in [4.78, 5) is 14.4. The Hall–Kier alpha value is -2.69. The molecule has 2 aromatic rings. The summed E-state index contributed by atoms with van der Waals surface area (Å²) in [5.74, 6) is 1.39. The largest absolute Gasteiger partial charge is 0.486 e. The molecule has 2 aliphatic rings. The first-order chi connectivity index (χ1) is 11.3. The Morgan fingerprint density at radius 3 is 2.78 bits per heavy atom. The number of anilines is 2. The predicted molar refractivity (Wildman–Crippen MR) is 88.6 cm³/mol. The molecule has 0 spiro atoms. The number of carbonyl (C=O) groups excluding carboxylic acids is 1. The smallest absolute Gasteiger partial charge is 0.326 e. The average Bonchev–Trinajstić information content (AvgIpc) is 2.61. The molecule has 2 aliphatic heterocycles. The number of amides is 2. The number of ether oxygens (including phenoxy) is 2. The van der Waals surface area contributed by atoms with E-state index in [4.69, 9.17) is 9.47 Å². The minimum Gasteiger partial charge on any atom is -0.486 e. The number of urea groups is 1. The van der Waals surface area contributed by atoms with E-state index in [2.05, 4.69) is 11.4 Å². The number of fused-ring (bicyclic) bond motifs is 2. The van der Waals surface area contributed by atoms with Crippen LogP contribution in [0.2, 0.25) is 0 Å². The van der Waals surface area contributed by atoms with E-state index in [-0.39, 0.29) is 6.03 Å².